The topological polar surface area (TPSA) is 65.2 Å². The van der Waals surface area contributed by atoms with E-state index in [0.29, 0.717) is 5.56 Å². The summed E-state index contributed by atoms with van der Waals surface area (Å²) >= 11 is 0. The number of nitrogens with zero attached hydrogens (tertiary/aromatic N) is 1. The van der Waals surface area contributed by atoms with Gasteiger partial charge in [-0.1, -0.05) is 36.4 Å². The van der Waals surface area contributed by atoms with Crippen LogP contribution in [0.2, 0.25) is 0 Å². The summed E-state index contributed by atoms with van der Waals surface area (Å²) in [5.74, 6) is 2.25. The van der Waals surface area contributed by atoms with Crippen LogP contribution in [0.1, 0.15) is 66.1 Å². The summed E-state index contributed by atoms with van der Waals surface area (Å²) in [5, 5.41) is 4.56. The number of para-hydroxylation sites is 1. The van der Waals surface area contributed by atoms with Crippen molar-refractivity contribution in [1.82, 2.24) is 15.2 Å². The van der Waals surface area contributed by atoms with Gasteiger partial charge in [-0.3, -0.25) is 9.59 Å². The second-order valence-electron chi connectivity index (χ2n) is 11.0. The van der Waals surface area contributed by atoms with Gasteiger partial charge in [0.05, 0.1) is 6.04 Å². The van der Waals surface area contributed by atoms with E-state index >= 15 is 0 Å². The molecule has 0 radical (unpaired) electrons. The lowest BCUT2D eigenvalue weighted by atomic mass is 9.53. The summed E-state index contributed by atoms with van der Waals surface area (Å²) in [7, 11) is 0. The molecule has 4 saturated carbocycles. The summed E-state index contributed by atoms with van der Waals surface area (Å²) in [6.07, 6.45) is 9.38. The minimum absolute atomic E-state index is 0.0112. The normalized spacial score (nSPS) is 31.9. The van der Waals surface area contributed by atoms with Crippen molar-refractivity contribution in [2.24, 2.45) is 17.8 Å². The van der Waals surface area contributed by atoms with Crippen LogP contribution in [0.3, 0.4) is 0 Å². The summed E-state index contributed by atoms with van der Waals surface area (Å²) in [6, 6.07) is 15.7. The van der Waals surface area contributed by atoms with Gasteiger partial charge in [0, 0.05) is 33.8 Å². The Balaban J connectivity index is 1.21. The van der Waals surface area contributed by atoms with Crippen molar-refractivity contribution in [3.8, 4) is 0 Å². The van der Waals surface area contributed by atoms with Crippen LogP contribution < -0.4 is 5.32 Å². The monoisotopic (exact) mass is 439 g/mol. The molecule has 4 fully saturated rings. The SMILES string of the molecule is O=C(CN1C(=O)c2ccccc2C1c1c[nH]c2ccccc12)NC12CC3CC(CC(C3)C1)C2. The molecule has 0 spiro atoms. The molecule has 5 nitrogen and oxygen atoms in total. The zero-order valence-corrected chi connectivity index (χ0v) is 18.7. The molecule has 168 valence electrons. The van der Waals surface area contributed by atoms with Crippen molar-refractivity contribution >= 4 is 22.7 Å². The lowest BCUT2D eigenvalue weighted by Gasteiger charge is -2.57. The number of carbonyl (C=O) groups is 2. The molecule has 1 aromatic heterocycles. The Kier molecular flexibility index (Phi) is 4.09. The lowest BCUT2D eigenvalue weighted by molar-refractivity contribution is -0.127. The molecule has 2 aromatic carbocycles. The predicted molar refractivity (Wildman–Crippen MR) is 127 cm³/mol. The zero-order chi connectivity index (χ0) is 22.2. The van der Waals surface area contributed by atoms with Crippen molar-refractivity contribution in [3.05, 3.63) is 71.4 Å². The van der Waals surface area contributed by atoms with Gasteiger partial charge in [0.15, 0.2) is 0 Å². The van der Waals surface area contributed by atoms with E-state index in [2.05, 4.69) is 16.4 Å². The van der Waals surface area contributed by atoms with Gasteiger partial charge in [0.1, 0.15) is 6.54 Å². The first-order valence-electron chi connectivity index (χ1n) is 12.4. The van der Waals surface area contributed by atoms with Crippen molar-refractivity contribution in [3.63, 3.8) is 0 Å². The highest BCUT2D eigenvalue weighted by atomic mass is 16.2. The Morgan fingerprint density at radius 2 is 1.61 bits per heavy atom. The highest BCUT2D eigenvalue weighted by Crippen LogP contribution is 2.55. The van der Waals surface area contributed by atoms with E-state index in [1.54, 1.807) is 4.90 Å². The Hall–Kier alpha value is -3.08. The molecule has 8 rings (SSSR count). The molecular formula is C28H29N3O2. The van der Waals surface area contributed by atoms with E-state index in [9.17, 15) is 9.59 Å². The van der Waals surface area contributed by atoms with Gasteiger partial charge < -0.3 is 15.2 Å². The molecule has 0 saturated heterocycles. The molecule has 2 heterocycles. The maximum absolute atomic E-state index is 13.5. The second kappa shape index (κ2) is 6.96. The van der Waals surface area contributed by atoms with Crippen LogP contribution in [-0.2, 0) is 4.79 Å². The summed E-state index contributed by atoms with van der Waals surface area (Å²) in [4.78, 5) is 32.0. The number of fused-ring (bicyclic) bond motifs is 2. The lowest BCUT2D eigenvalue weighted by Crippen LogP contribution is -2.61. The number of aromatic nitrogens is 1. The van der Waals surface area contributed by atoms with Crippen LogP contribution in [0.15, 0.2) is 54.7 Å². The van der Waals surface area contributed by atoms with Gasteiger partial charge in [-0.2, -0.15) is 0 Å². The van der Waals surface area contributed by atoms with Crippen molar-refractivity contribution in [2.45, 2.75) is 50.1 Å². The van der Waals surface area contributed by atoms with Gasteiger partial charge >= 0.3 is 0 Å². The third-order valence-electron chi connectivity index (χ3n) is 8.73. The highest BCUT2D eigenvalue weighted by Gasteiger charge is 2.52. The maximum atomic E-state index is 13.5. The number of rotatable bonds is 4. The number of H-pyrrole nitrogens is 1. The first kappa shape index (κ1) is 19.4. The molecule has 3 aromatic rings. The van der Waals surface area contributed by atoms with Crippen molar-refractivity contribution < 1.29 is 9.59 Å². The van der Waals surface area contributed by atoms with Gasteiger partial charge in [0.2, 0.25) is 5.91 Å². The number of amides is 2. The number of nitrogens with one attached hydrogen (secondary N) is 2. The standard InChI is InChI=1S/C28H29N3O2/c32-25(30-28-12-17-9-18(13-28)11-19(10-17)14-28)16-31-26(21-6-1-2-7-22(21)27(31)33)23-15-29-24-8-4-3-5-20(23)24/h1-8,15,17-19,26,29H,9-14,16H2,(H,30,32). The van der Waals surface area contributed by atoms with Crippen LogP contribution in [-0.4, -0.2) is 33.8 Å². The first-order valence-corrected chi connectivity index (χ1v) is 12.4. The molecule has 1 atom stereocenters. The Bertz CT molecular complexity index is 1240. The van der Waals surface area contributed by atoms with Crippen LogP contribution in [0, 0.1) is 17.8 Å². The Morgan fingerprint density at radius 3 is 2.36 bits per heavy atom. The number of hydrogen-bond acceptors (Lipinski definition) is 2. The summed E-state index contributed by atoms with van der Waals surface area (Å²) in [5.41, 5.74) is 3.73. The quantitative estimate of drug-likeness (QED) is 0.613. The van der Waals surface area contributed by atoms with E-state index in [-0.39, 0.29) is 29.9 Å². The minimum Gasteiger partial charge on any atom is -0.361 e. The minimum atomic E-state index is -0.257. The number of benzene rings is 2. The van der Waals surface area contributed by atoms with Gasteiger partial charge in [-0.05, 0) is 74.0 Å². The molecule has 5 heteroatoms. The van der Waals surface area contributed by atoms with Gasteiger partial charge in [0.25, 0.3) is 5.91 Å². The fourth-order valence-electron chi connectivity index (χ4n) is 7.94. The second-order valence-corrected chi connectivity index (χ2v) is 11.0. The Morgan fingerprint density at radius 1 is 0.939 bits per heavy atom. The molecule has 5 aliphatic rings. The molecule has 4 aliphatic carbocycles. The fourth-order valence-corrected chi connectivity index (χ4v) is 7.94. The van der Waals surface area contributed by atoms with E-state index in [0.717, 1.165) is 59.0 Å². The van der Waals surface area contributed by atoms with E-state index in [1.807, 2.05) is 48.7 Å². The van der Waals surface area contributed by atoms with Crippen LogP contribution in [0.4, 0.5) is 0 Å². The highest BCUT2D eigenvalue weighted by molar-refractivity contribution is 6.02. The fraction of sp³-hybridized carbons (Fsp3) is 0.429. The van der Waals surface area contributed by atoms with Gasteiger partial charge in [-0.25, -0.2) is 0 Å². The molecule has 4 bridgehead atoms. The van der Waals surface area contributed by atoms with E-state index < -0.39 is 0 Å². The summed E-state index contributed by atoms with van der Waals surface area (Å²) < 4.78 is 0. The van der Waals surface area contributed by atoms with Crippen molar-refractivity contribution in [1.29, 1.82) is 0 Å². The van der Waals surface area contributed by atoms with Crippen LogP contribution in [0.5, 0.6) is 0 Å². The Labute approximate surface area is 193 Å². The van der Waals surface area contributed by atoms with Crippen LogP contribution in [0.25, 0.3) is 10.9 Å². The van der Waals surface area contributed by atoms with E-state index in [4.69, 9.17) is 0 Å². The predicted octanol–water partition coefficient (Wildman–Crippen LogP) is 4.80. The average Bonchev–Trinajstić information content (AvgIpc) is 3.32. The molecule has 33 heavy (non-hydrogen) atoms. The third-order valence-corrected chi connectivity index (χ3v) is 8.73. The zero-order valence-electron chi connectivity index (χ0n) is 18.7. The molecule has 2 N–H and O–H groups in total. The van der Waals surface area contributed by atoms with Gasteiger partial charge in [-0.15, -0.1) is 0 Å². The molecule has 1 unspecified atom stereocenters. The number of carbonyl (C=O) groups excluding carboxylic acids is 2. The van der Waals surface area contributed by atoms with Crippen molar-refractivity contribution in [2.75, 3.05) is 6.54 Å². The number of hydrogen-bond donors (Lipinski definition) is 2. The summed E-state index contributed by atoms with van der Waals surface area (Å²) in [6.45, 7) is 0.0967. The smallest absolute Gasteiger partial charge is 0.255 e. The number of aromatic amines is 1. The van der Waals surface area contributed by atoms with Crippen LogP contribution >= 0.6 is 0 Å². The first-order chi connectivity index (χ1) is 16.1. The largest absolute Gasteiger partial charge is 0.361 e. The molecular weight excluding hydrogens is 410 g/mol. The molecule has 2 amide bonds. The maximum Gasteiger partial charge on any atom is 0.255 e. The average molecular weight is 440 g/mol. The third kappa shape index (κ3) is 2.98. The molecule has 1 aliphatic heterocycles. The van der Waals surface area contributed by atoms with E-state index in [1.165, 1.54) is 19.3 Å².